The summed E-state index contributed by atoms with van der Waals surface area (Å²) in [6.07, 6.45) is 3.06. The van der Waals surface area contributed by atoms with Gasteiger partial charge in [0.1, 0.15) is 18.4 Å². The zero-order valence-electron chi connectivity index (χ0n) is 18.3. The van der Waals surface area contributed by atoms with E-state index >= 15 is 0 Å². The van der Waals surface area contributed by atoms with Gasteiger partial charge in [0.25, 0.3) is 0 Å². The van der Waals surface area contributed by atoms with Crippen molar-refractivity contribution in [2.45, 2.75) is 57.2 Å². The average molecular weight is 445 g/mol. The molecule has 0 bridgehead atoms. The van der Waals surface area contributed by atoms with E-state index < -0.39 is 18.1 Å². The Morgan fingerprint density at radius 2 is 1.94 bits per heavy atom. The van der Waals surface area contributed by atoms with Gasteiger partial charge < -0.3 is 31.8 Å². The van der Waals surface area contributed by atoms with Crippen LogP contribution in [0.1, 0.15) is 38.2 Å². The van der Waals surface area contributed by atoms with Gasteiger partial charge in [0, 0.05) is 26.4 Å². The van der Waals surface area contributed by atoms with Crippen molar-refractivity contribution < 1.29 is 19.2 Å². The Kier molecular flexibility index (Phi) is 9.65. The Balaban J connectivity index is 2.03. The van der Waals surface area contributed by atoms with Crippen LogP contribution < -0.4 is 22.1 Å². The van der Waals surface area contributed by atoms with Gasteiger partial charge >= 0.3 is 0 Å². The number of benzene rings is 1. The van der Waals surface area contributed by atoms with Gasteiger partial charge in [-0.3, -0.25) is 19.4 Å². The molecule has 0 unspecified atom stereocenters. The first kappa shape index (κ1) is 24.8. The molecule has 0 radical (unpaired) electrons. The van der Waals surface area contributed by atoms with Crippen LogP contribution in [0.25, 0.3) is 0 Å². The van der Waals surface area contributed by atoms with E-state index in [1.54, 1.807) is 0 Å². The standard InChI is InChI=1S/C22H32N6O4/c1-15(30)26-18(13-16-7-3-2-4-8-16)21(32)28-12-6-10-19(28)20(31)27-17(14-29)9-5-11-25-22(23)24/h2-4,7-8,14,17-19H,5-6,9-13H2,1H3,(H,26,30)(H,27,31)(H4,23,24,25)/t17-,18+,19-/m0/s1. The van der Waals surface area contributed by atoms with Crippen LogP contribution in [0, 0.1) is 0 Å². The molecule has 1 aliphatic rings. The number of hydrogen-bond acceptors (Lipinski definition) is 5. The van der Waals surface area contributed by atoms with Gasteiger partial charge in [0.15, 0.2) is 5.96 Å². The fourth-order valence-electron chi connectivity index (χ4n) is 3.77. The monoisotopic (exact) mass is 444 g/mol. The minimum absolute atomic E-state index is 0.0268. The normalized spacial score (nSPS) is 17.2. The number of guanidine groups is 1. The van der Waals surface area contributed by atoms with Gasteiger partial charge in [0.2, 0.25) is 17.7 Å². The van der Waals surface area contributed by atoms with E-state index in [1.807, 2.05) is 30.3 Å². The molecule has 0 saturated carbocycles. The molecule has 2 rings (SSSR count). The highest BCUT2D eigenvalue weighted by Crippen LogP contribution is 2.20. The molecule has 1 aromatic rings. The van der Waals surface area contributed by atoms with Gasteiger partial charge in [0.05, 0.1) is 6.04 Å². The number of likely N-dealkylation sites (tertiary alicyclic amines) is 1. The Hall–Kier alpha value is -3.43. The number of nitrogens with zero attached hydrogens (tertiary/aromatic N) is 2. The van der Waals surface area contributed by atoms with E-state index in [0.717, 1.165) is 5.56 Å². The lowest BCUT2D eigenvalue weighted by Crippen LogP contribution is -2.55. The number of nitrogens with one attached hydrogen (secondary N) is 2. The zero-order valence-corrected chi connectivity index (χ0v) is 18.3. The molecule has 0 aromatic heterocycles. The van der Waals surface area contributed by atoms with Crippen LogP contribution in [0.15, 0.2) is 35.3 Å². The maximum absolute atomic E-state index is 13.3. The molecule has 1 aromatic carbocycles. The topological polar surface area (TPSA) is 160 Å². The number of aldehydes is 1. The molecule has 3 atom stereocenters. The lowest BCUT2D eigenvalue weighted by Gasteiger charge is -2.29. The van der Waals surface area contributed by atoms with E-state index in [2.05, 4.69) is 15.6 Å². The number of carbonyl (C=O) groups excluding carboxylic acids is 4. The number of hydrogen-bond donors (Lipinski definition) is 4. The fourth-order valence-corrected chi connectivity index (χ4v) is 3.77. The van der Waals surface area contributed by atoms with Crippen LogP contribution >= 0.6 is 0 Å². The van der Waals surface area contributed by atoms with E-state index in [4.69, 9.17) is 11.5 Å². The summed E-state index contributed by atoms with van der Waals surface area (Å²) in [5, 5.41) is 5.42. The molecule has 1 heterocycles. The first-order chi connectivity index (χ1) is 15.3. The van der Waals surface area contributed by atoms with Crippen molar-refractivity contribution in [1.29, 1.82) is 0 Å². The van der Waals surface area contributed by atoms with Crippen LogP contribution in [-0.2, 0) is 25.6 Å². The van der Waals surface area contributed by atoms with Crippen molar-refractivity contribution in [1.82, 2.24) is 15.5 Å². The quantitative estimate of drug-likeness (QED) is 0.155. The maximum Gasteiger partial charge on any atom is 0.246 e. The van der Waals surface area contributed by atoms with Crippen molar-refractivity contribution >= 4 is 30.0 Å². The van der Waals surface area contributed by atoms with Crippen LogP contribution in [0.3, 0.4) is 0 Å². The Bertz CT molecular complexity index is 825. The van der Waals surface area contributed by atoms with Crippen LogP contribution in [0.2, 0.25) is 0 Å². The summed E-state index contributed by atoms with van der Waals surface area (Å²) in [6, 6.07) is 7.22. The number of rotatable bonds is 11. The highest BCUT2D eigenvalue weighted by Gasteiger charge is 2.38. The largest absolute Gasteiger partial charge is 0.370 e. The molecule has 174 valence electrons. The SMILES string of the molecule is CC(=O)N[C@H](Cc1ccccc1)C(=O)N1CCC[C@H]1C(=O)N[C@H](C=O)CCCN=C(N)N. The van der Waals surface area contributed by atoms with Crippen LogP contribution in [-0.4, -0.2) is 66.1 Å². The number of amides is 3. The van der Waals surface area contributed by atoms with Crippen LogP contribution in [0.4, 0.5) is 0 Å². The van der Waals surface area contributed by atoms with Gasteiger partial charge in [-0.1, -0.05) is 30.3 Å². The fraction of sp³-hybridized carbons (Fsp3) is 0.500. The molecule has 0 spiro atoms. The highest BCUT2D eigenvalue weighted by atomic mass is 16.2. The van der Waals surface area contributed by atoms with Crippen molar-refractivity contribution in [3.63, 3.8) is 0 Å². The summed E-state index contributed by atoms with van der Waals surface area (Å²) in [5.41, 5.74) is 11.5. The number of carbonyl (C=O) groups is 4. The van der Waals surface area contributed by atoms with Crippen molar-refractivity contribution in [2.24, 2.45) is 16.5 Å². The number of nitrogens with two attached hydrogens (primary N) is 2. The van der Waals surface area contributed by atoms with E-state index in [-0.39, 0.29) is 23.7 Å². The molecular weight excluding hydrogens is 412 g/mol. The highest BCUT2D eigenvalue weighted by molar-refractivity contribution is 5.93. The minimum atomic E-state index is -0.773. The van der Waals surface area contributed by atoms with E-state index in [9.17, 15) is 19.2 Å². The Labute approximate surface area is 187 Å². The zero-order chi connectivity index (χ0) is 23.5. The van der Waals surface area contributed by atoms with E-state index in [0.29, 0.717) is 51.5 Å². The summed E-state index contributed by atoms with van der Waals surface area (Å²) in [4.78, 5) is 54.6. The van der Waals surface area contributed by atoms with Gasteiger partial charge in [-0.05, 0) is 31.2 Å². The summed E-state index contributed by atoms with van der Waals surface area (Å²) >= 11 is 0. The van der Waals surface area contributed by atoms with Crippen LogP contribution in [0.5, 0.6) is 0 Å². The molecule has 1 saturated heterocycles. The molecule has 32 heavy (non-hydrogen) atoms. The van der Waals surface area contributed by atoms with Gasteiger partial charge in [-0.2, -0.15) is 0 Å². The molecule has 10 nitrogen and oxygen atoms in total. The lowest BCUT2D eigenvalue weighted by molar-refractivity contribution is -0.141. The predicted molar refractivity (Wildman–Crippen MR) is 120 cm³/mol. The second-order valence-electron chi connectivity index (χ2n) is 7.83. The predicted octanol–water partition coefficient (Wildman–Crippen LogP) is -0.538. The van der Waals surface area contributed by atoms with Gasteiger partial charge in [-0.25, -0.2) is 0 Å². The molecule has 6 N–H and O–H groups in total. The lowest BCUT2D eigenvalue weighted by atomic mass is 10.0. The summed E-state index contributed by atoms with van der Waals surface area (Å²) in [7, 11) is 0. The minimum Gasteiger partial charge on any atom is -0.370 e. The van der Waals surface area contributed by atoms with E-state index in [1.165, 1.54) is 11.8 Å². The maximum atomic E-state index is 13.3. The Morgan fingerprint density at radius 3 is 2.56 bits per heavy atom. The van der Waals surface area contributed by atoms with Crippen molar-refractivity contribution in [3.05, 3.63) is 35.9 Å². The molecule has 0 aliphatic carbocycles. The molecular formula is C22H32N6O4. The second kappa shape index (κ2) is 12.4. The third kappa shape index (κ3) is 7.68. The smallest absolute Gasteiger partial charge is 0.246 e. The third-order valence-corrected chi connectivity index (χ3v) is 5.26. The van der Waals surface area contributed by atoms with Gasteiger partial charge in [-0.15, -0.1) is 0 Å². The van der Waals surface area contributed by atoms with Crippen molar-refractivity contribution in [2.75, 3.05) is 13.1 Å². The summed E-state index contributed by atoms with van der Waals surface area (Å²) < 4.78 is 0. The molecule has 1 aliphatic heterocycles. The Morgan fingerprint density at radius 1 is 1.22 bits per heavy atom. The molecule has 1 fully saturated rings. The first-order valence-electron chi connectivity index (χ1n) is 10.7. The van der Waals surface area contributed by atoms with Crippen molar-refractivity contribution in [3.8, 4) is 0 Å². The third-order valence-electron chi connectivity index (χ3n) is 5.26. The summed E-state index contributed by atoms with van der Waals surface area (Å²) in [6.45, 7) is 2.13. The molecule has 3 amide bonds. The first-order valence-corrected chi connectivity index (χ1v) is 10.7. The summed E-state index contributed by atoms with van der Waals surface area (Å²) in [5.74, 6) is -1.03. The second-order valence-corrected chi connectivity index (χ2v) is 7.83. The average Bonchev–Trinajstić information content (AvgIpc) is 3.25. The molecule has 10 heteroatoms. The number of aliphatic imine (C=N–C) groups is 1.